The average Bonchev–Trinajstić information content (AvgIpc) is 2.82. The van der Waals surface area contributed by atoms with Crippen LogP contribution in [0, 0.1) is 13.8 Å². The number of pyridine rings is 1. The van der Waals surface area contributed by atoms with Crippen molar-refractivity contribution in [2.45, 2.75) is 20.4 Å². The quantitative estimate of drug-likeness (QED) is 0.770. The zero-order chi connectivity index (χ0) is 14.3. The molecule has 2 N–H and O–H groups in total. The first-order valence-electron chi connectivity index (χ1n) is 6.51. The van der Waals surface area contributed by atoms with E-state index in [1.165, 1.54) is 10.9 Å². The predicted molar refractivity (Wildman–Crippen MR) is 86.9 cm³/mol. The number of hydrogen-bond donors (Lipinski definition) is 1. The molecule has 0 unspecified atom stereocenters. The van der Waals surface area contributed by atoms with E-state index in [-0.39, 0.29) is 0 Å². The van der Waals surface area contributed by atoms with Gasteiger partial charge < -0.3 is 10.3 Å². The van der Waals surface area contributed by atoms with Gasteiger partial charge in [0.25, 0.3) is 0 Å². The first kappa shape index (κ1) is 13.2. The van der Waals surface area contributed by atoms with Crippen LogP contribution < -0.4 is 5.73 Å². The maximum absolute atomic E-state index is 6.09. The number of benzene rings is 1. The van der Waals surface area contributed by atoms with E-state index in [4.69, 9.17) is 5.73 Å². The SMILES string of the molecule is Cc1cnc(Cn2ccc3cc(Br)ccc32)c(C)c1N. The average molecular weight is 330 g/mol. The lowest BCUT2D eigenvalue weighted by Gasteiger charge is -2.11. The summed E-state index contributed by atoms with van der Waals surface area (Å²) in [6.45, 7) is 4.76. The van der Waals surface area contributed by atoms with Crippen LogP contribution in [0.5, 0.6) is 0 Å². The summed E-state index contributed by atoms with van der Waals surface area (Å²) >= 11 is 3.50. The monoisotopic (exact) mass is 329 g/mol. The molecule has 102 valence electrons. The van der Waals surface area contributed by atoms with Crippen molar-refractivity contribution < 1.29 is 0 Å². The van der Waals surface area contributed by atoms with Gasteiger partial charge in [-0.25, -0.2) is 0 Å². The number of hydrogen-bond acceptors (Lipinski definition) is 2. The summed E-state index contributed by atoms with van der Waals surface area (Å²) in [7, 11) is 0. The van der Waals surface area contributed by atoms with Crippen molar-refractivity contribution in [3.63, 3.8) is 0 Å². The first-order valence-corrected chi connectivity index (χ1v) is 7.30. The molecule has 0 aliphatic rings. The second-order valence-electron chi connectivity index (χ2n) is 5.07. The van der Waals surface area contributed by atoms with Crippen LogP contribution in [0.25, 0.3) is 10.9 Å². The number of aromatic nitrogens is 2. The van der Waals surface area contributed by atoms with Crippen molar-refractivity contribution in [1.29, 1.82) is 0 Å². The van der Waals surface area contributed by atoms with Crippen molar-refractivity contribution >= 4 is 32.5 Å². The fourth-order valence-electron chi connectivity index (χ4n) is 2.42. The molecule has 2 heterocycles. The Morgan fingerprint density at radius 1 is 1.25 bits per heavy atom. The standard InChI is InChI=1S/C16H16BrN3/c1-10-8-19-14(11(2)16(10)18)9-20-6-5-12-7-13(17)3-4-15(12)20/h3-8H,9H2,1-2H3,(H2,18,19). The maximum Gasteiger partial charge on any atom is 0.0652 e. The van der Waals surface area contributed by atoms with Gasteiger partial charge in [0, 0.05) is 33.5 Å². The molecule has 20 heavy (non-hydrogen) atoms. The molecule has 2 aromatic heterocycles. The smallest absolute Gasteiger partial charge is 0.0652 e. The number of nitrogen functional groups attached to an aromatic ring is 1. The van der Waals surface area contributed by atoms with Crippen LogP contribution in [-0.4, -0.2) is 9.55 Å². The number of fused-ring (bicyclic) bond motifs is 1. The molecule has 0 saturated heterocycles. The molecule has 0 aliphatic heterocycles. The molecule has 3 aromatic rings. The molecule has 1 aromatic carbocycles. The van der Waals surface area contributed by atoms with E-state index in [2.05, 4.69) is 55.9 Å². The van der Waals surface area contributed by atoms with Crippen molar-refractivity contribution in [2.24, 2.45) is 0 Å². The molecular weight excluding hydrogens is 314 g/mol. The highest BCUT2D eigenvalue weighted by molar-refractivity contribution is 9.10. The second-order valence-corrected chi connectivity index (χ2v) is 5.99. The zero-order valence-electron chi connectivity index (χ0n) is 11.5. The van der Waals surface area contributed by atoms with Gasteiger partial charge in [-0.1, -0.05) is 15.9 Å². The topological polar surface area (TPSA) is 43.8 Å². The van der Waals surface area contributed by atoms with Gasteiger partial charge in [-0.05, 0) is 49.2 Å². The van der Waals surface area contributed by atoms with Gasteiger partial charge in [0.05, 0.1) is 12.2 Å². The summed E-state index contributed by atoms with van der Waals surface area (Å²) in [6.07, 6.45) is 3.94. The van der Waals surface area contributed by atoms with Crippen molar-refractivity contribution in [2.75, 3.05) is 5.73 Å². The molecule has 0 fully saturated rings. The highest BCUT2D eigenvalue weighted by Gasteiger charge is 2.08. The normalized spacial score (nSPS) is 11.2. The molecule has 0 bridgehead atoms. The maximum atomic E-state index is 6.09. The van der Waals surface area contributed by atoms with Gasteiger partial charge in [0.2, 0.25) is 0 Å². The number of rotatable bonds is 2. The Kier molecular flexibility index (Phi) is 3.26. The van der Waals surface area contributed by atoms with E-state index < -0.39 is 0 Å². The van der Waals surface area contributed by atoms with Crippen LogP contribution in [0.15, 0.2) is 41.1 Å². The molecule has 0 radical (unpaired) electrons. The minimum Gasteiger partial charge on any atom is -0.398 e. The molecule has 0 spiro atoms. The molecule has 3 rings (SSSR count). The van der Waals surface area contributed by atoms with Crippen LogP contribution in [0.4, 0.5) is 5.69 Å². The number of halogens is 1. The molecule has 0 amide bonds. The van der Waals surface area contributed by atoms with E-state index in [1.807, 2.05) is 20.0 Å². The number of aryl methyl sites for hydroxylation is 1. The molecule has 4 heteroatoms. The van der Waals surface area contributed by atoms with Gasteiger partial charge in [-0.15, -0.1) is 0 Å². The Bertz CT molecular complexity index is 790. The fraction of sp³-hybridized carbons (Fsp3) is 0.188. The van der Waals surface area contributed by atoms with Gasteiger partial charge >= 0.3 is 0 Å². The van der Waals surface area contributed by atoms with Crippen molar-refractivity contribution in [3.8, 4) is 0 Å². The third-order valence-electron chi connectivity index (χ3n) is 3.73. The third-order valence-corrected chi connectivity index (χ3v) is 4.22. The molecular formula is C16H16BrN3. The minimum atomic E-state index is 0.738. The summed E-state index contributed by atoms with van der Waals surface area (Å²) in [5, 5.41) is 1.22. The molecule has 0 saturated carbocycles. The Hall–Kier alpha value is -1.81. The van der Waals surface area contributed by atoms with Crippen LogP contribution in [0.2, 0.25) is 0 Å². The lowest BCUT2D eigenvalue weighted by Crippen LogP contribution is -2.06. The summed E-state index contributed by atoms with van der Waals surface area (Å²) in [5.41, 5.74) is 11.3. The Balaban J connectivity index is 2.04. The largest absolute Gasteiger partial charge is 0.398 e. The number of anilines is 1. The van der Waals surface area contributed by atoms with E-state index in [9.17, 15) is 0 Å². The van der Waals surface area contributed by atoms with Crippen molar-refractivity contribution in [3.05, 3.63) is 58.0 Å². The van der Waals surface area contributed by atoms with Gasteiger partial charge in [0.1, 0.15) is 0 Å². The van der Waals surface area contributed by atoms with Gasteiger partial charge in [-0.3, -0.25) is 4.98 Å². The Morgan fingerprint density at radius 3 is 2.85 bits per heavy atom. The second kappa shape index (κ2) is 4.94. The van der Waals surface area contributed by atoms with Gasteiger partial charge in [-0.2, -0.15) is 0 Å². The lowest BCUT2D eigenvalue weighted by atomic mass is 10.1. The first-order chi connectivity index (χ1) is 9.56. The summed E-state index contributed by atoms with van der Waals surface area (Å²) in [6, 6.07) is 8.41. The summed E-state index contributed by atoms with van der Waals surface area (Å²) in [4.78, 5) is 4.53. The van der Waals surface area contributed by atoms with E-state index in [0.717, 1.165) is 33.5 Å². The molecule has 3 nitrogen and oxygen atoms in total. The molecule has 0 atom stereocenters. The van der Waals surface area contributed by atoms with E-state index in [0.29, 0.717) is 0 Å². The van der Waals surface area contributed by atoms with Crippen LogP contribution in [0.3, 0.4) is 0 Å². The fourth-order valence-corrected chi connectivity index (χ4v) is 2.80. The minimum absolute atomic E-state index is 0.738. The third kappa shape index (κ3) is 2.20. The number of nitrogens with two attached hydrogens (primary N) is 1. The van der Waals surface area contributed by atoms with Crippen LogP contribution in [-0.2, 0) is 6.54 Å². The van der Waals surface area contributed by atoms with E-state index in [1.54, 1.807) is 0 Å². The van der Waals surface area contributed by atoms with Crippen molar-refractivity contribution in [1.82, 2.24) is 9.55 Å². The van der Waals surface area contributed by atoms with Crippen LogP contribution in [0.1, 0.15) is 16.8 Å². The Morgan fingerprint density at radius 2 is 2.05 bits per heavy atom. The highest BCUT2D eigenvalue weighted by atomic mass is 79.9. The van der Waals surface area contributed by atoms with Gasteiger partial charge in [0.15, 0.2) is 0 Å². The lowest BCUT2D eigenvalue weighted by molar-refractivity contribution is 0.799. The van der Waals surface area contributed by atoms with Crippen LogP contribution >= 0.6 is 15.9 Å². The molecule has 0 aliphatic carbocycles. The van der Waals surface area contributed by atoms with E-state index >= 15 is 0 Å². The Labute approximate surface area is 126 Å². The highest BCUT2D eigenvalue weighted by Crippen LogP contribution is 2.23. The zero-order valence-corrected chi connectivity index (χ0v) is 13.1. The summed E-state index contributed by atoms with van der Waals surface area (Å²) < 4.78 is 3.29. The number of nitrogens with zero attached hydrogens (tertiary/aromatic N) is 2. The predicted octanol–water partition coefficient (Wildman–Crippen LogP) is 4.05. The summed E-state index contributed by atoms with van der Waals surface area (Å²) in [5.74, 6) is 0.